The van der Waals surface area contributed by atoms with E-state index in [9.17, 15) is 9.59 Å². The highest BCUT2D eigenvalue weighted by Gasteiger charge is 2.20. The van der Waals surface area contributed by atoms with Gasteiger partial charge in [0, 0.05) is 13.1 Å². The summed E-state index contributed by atoms with van der Waals surface area (Å²) in [6.07, 6.45) is 0.290. The molecule has 0 aliphatic rings. The van der Waals surface area contributed by atoms with Crippen molar-refractivity contribution in [1.82, 2.24) is 10.2 Å². The molecule has 0 radical (unpaired) electrons. The molecule has 0 aliphatic heterocycles. The van der Waals surface area contributed by atoms with Crippen LogP contribution in [0.25, 0.3) is 0 Å². The highest BCUT2D eigenvalue weighted by molar-refractivity contribution is 5.87. The Morgan fingerprint density at radius 1 is 1.30 bits per heavy atom. The van der Waals surface area contributed by atoms with Crippen LogP contribution in [0.5, 0.6) is 0 Å². The molecule has 1 atom stereocenters. The first-order valence-corrected chi connectivity index (χ1v) is 6.97. The lowest BCUT2D eigenvalue weighted by Gasteiger charge is -2.24. The van der Waals surface area contributed by atoms with Gasteiger partial charge in [-0.25, -0.2) is 0 Å². The summed E-state index contributed by atoms with van der Waals surface area (Å²) in [5.74, 6) is -0.168. The topological polar surface area (TPSA) is 99.2 Å². The van der Waals surface area contributed by atoms with Crippen molar-refractivity contribution in [3.05, 3.63) is 0 Å². The molecular weight excluding hydrogens is 256 g/mol. The molecule has 0 saturated heterocycles. The number of nitrogens with one attached hydrogen (secondary N) is 1. The molecule has 0 saturated carbocycles. The van der Waals surface area contributed by atoms with E-state index in [4.69, 9.17) is 11.0 Å². The summed E-state index contributed by atoms with van der Waals surface area (Å²) >= 11 is 0. The summed E-state index contributed by atoms with van der Waals surface area (Å²) in [6.45, 7) is 8.59. The first kappa shape index (κ1) is 18.4. The van der Waals surface area contributed by atoms with E-state index < -0.39 is 6.04 Å². The van der Waals surface area contributed by atoms with Crippen molar-refractivity contribution in [3.63, 3.8) is 0 Å². The zero-order chi connectivity index (χ0) is 15.7. The molecule has 6 nitrogen and oxygen atoms in total. The fraction of sp³-hybridized carbons (Fsp3) is 0.786. The Labute approximate surface area is 121 Å². The van der Waals surface area contributed by atoms with Crippen molar-refractivity contribution in [2.24, 2.45) is 17.6 Å². The Bertz CT molecular complexity index is 361. The van der Waals surface area contributed by atoms with E-state index >= 15 is 0 Å². The average Bonchev–Trinajstić information content (AvgIpc) is 2.38. The number of nitrogens with zero attached hydrogens (tertiary/aromatic N) is 2. The number of hydrogen-bond acceptors (Lipinski definition) is 4. The SMILES string of the molecule is CC(C)CN(CCC#N)C(=O)CNC(=O)[C@@H](N)C(C)C. The van der Waals surface area contributed by atoms with Crippen molar-refractivity contribution in [2.75, 3.05) is 19.6 Å². The Morgan fingerprint density at radius 2 is 1.90 bits per heavy atom. The van der Waals surface area contributed by atoms with E-state index in [0.717, 1.165) is 0 Å². The minimum atomic E-state index is -0.611. The molecule has 2 amide bonds. The molecule has 0 aromatic carbocycles. The third-order valence-corrected chi connectivity index (χ3v) is 2.87. The Kier molecular flexibility index (Phi) is 8.57. The molecule has 0 aliphatic carbocycles. The molecule has 3 N–H and O–H groups in total. The maximum atomic E-state index is 12.0. The lowest BCUT2D eigenvalue weighted by Crippen LogP contribution is -2.48. The third kappa shape index (κ3) is 7.10. The van der Waals surface area contributed by atoms with Crippen LogP contribution >= 0.6 is 0 Å². The molecule has 0 rings (SSSR count). The number of carbonyl (C=O) groups excluding carboxylic acids is 2. The molecule has 0 bridgehead atoms. The number of carbonyl (C=O) groups is 2. The van der Waals surface area contributed by atoms with Crippen molar-refractivity contribution < 1.29 is 9.59 Å². The third-order valence-electron chi connectivity index (χ3n) is 2.87. The second-order valence-corrected chi connectivity index (χ2v) is 5.63. The maximum absolute atomic E-state index is 12.0. The second-order valence-electron chi connectivity index (χ2n) is 5.63. The summed E-state index contributed by atoms with van der Waals surface area (Å²) in [5, 5.41) is 11.2. The van der Waals surface area contributed by atoms with Crippen LogP contribution in [0.4, 0.5) is 0 Å². The zero-order valence-corrected chi connectivity index (χ0v) is 12.8. The van der Waals surface area contributed by atoms with Crippen LogP contribution in [0.15, 0.2) is 0 Å². The van der Waals surface area contributed by atoms with Crippen molar-refractivity contribution in [2.45, 2.75) is 40.2 Å². The summed E-state index contributed by atoms with van der Waals surface area (Å²) in [5.41, 5.74) is 5.70. The van der Waals surface area contributed by atoms with Gasteiger partial charge >= 0.3 is 0 Å². The van der Waals surface area contributed by atoms with Crippen molar-refractivity contribution >= 4 is 11.8 Å². The lowest BCUT2D eigenvalue weighted by molar-refractivity contribution is -0.133. The summed E-state index contributed by atoms with van der Waals surface area (Å²) in [4.78, 5) is 25.3. The minimum Gasteiger partial charge on any atom is -0.346 e. The van der Waals surface area contributed by atoms with E-state index in [1.54, 1.807) is 4.90 Å². The standard InChI is InChI=1S/C14H26N4O2/c1-10(2)9-18(7-5-6-15)12(19)8-17-14(20)13(16)11(3)4/h10-11,13H,5,7-9,16H2,1-4H3,(H,17,20)/t13-/m0/s1. The molecular formula is C14H26N4O2. The van der Waals surface area contributed by atoms with Crippen molar-refractivity contribution in [3.8, 4) is 6.07 Å². The van der Waals surface area contributed by atoms with Crippen LogP contribution in [0, 0.1) is 23.2 Å². The van der Waals surface area contributed by atoms with Crippen LogP contribution in [0.2, 0.25) is 0 Å². The van der Waals surface area contributed by atoms with Gasteiger partial charge in [-0.05, 0) is 11.8 Å². The molecule has 0 heterocycles. The van der Waals surface area contributed by atoms with E-state index in [-0.39, 0.29) is 30.7 Å². The van der Waals surface area contributed by atoms with Gasteiger partial charge < -0.3 is 16.0 Å². The first-order chi connectivity index (χ1) is 9.29. The van der Waals surface area contributed by atoms with Gasteiger partial charge in [-0.2, -0.15) is 5.26 Å². The summed E-state index contributed by atoms with van der Waals surface area (Å²) in [7, 11) is 0. The first-order valence-electron chi connectivity index (χ1n) is 6.97. The van der Waals surface area contributed by atoms with Crippen molar-refractivity contribution in [1.29, 1.82) is 5.26 Å². The van der Waals surface area contributed by atoms with Gasteiger partial charge in [-0.1, -0.05) is 27.7 Å². The maximum Gasteiger partial charge on any atom is 0.242 e. The molecule has 0 aromatic rings. The second kappa shape index (κ2) is 9.32. The lowest BCUT2D eigenvalue weighted by atomic mass is 10.1. The van der Waals surface area contributed by atoms with Gasteiger partial charge in [0.1, 0.15) is 0 Å². The van der Waals surface area contributed by atoms with Crippen LogP contribution in [-0.2, 0) is 9.59 Å². The Balaban J connectivity index is 4.38. The highest BCUT2D eigenvalue weighted by atomic mass is 16.2. The summed E-state index contributed by atoms with van der Waals surface area (Å²) in [6, 6.07) is 1.41. The molecule has 20 heavy (non-hydrogen) atoms. The summed E-state index contributed by atoms with van der Waals surface area (Å²) < 4.78 is 0. The highest BCUT2D eigenvalue weighted by Crippen LogP contribution is 2.01. The smallest absolute Gasteiger partial charge is 0.242 e. The van der Waals surface area contributed by atoms with E-state index in [1.807, 2.05) is 33.8 Å². The zero-order valence-electron chi connectivity index (χ0n) is 12.8. The van der Waals surface area contributed by atoms with Gasteiger partial charge in [0.25, 0.3) is 0 Å². The van der Waals surface area contributed by atoms with Gasteiger partial charge in [0.05, 0.1) is 25.1 Å². The monoisotopic (exact) mass is 282 g/mol. The predicted octanol–water partition coefficient (Wildman–Crippen LogP) is 0.484. The number of nitrogens with two attached hydrogens (primary N) is 1. The average molecular weight is 282 g/mol. The molecule has 0 aromatic heterocycles. The number of amides is 2. The van der Waals surface area contributed by atoms with Gasteiger partial charge in [-0.15, -0.1) is 0 Å². The largest absolute Gasteiger partial charge is 0.346 e. The predicted molar refractivity (Wildman–Crippen MR) is 77.5 cm³/mol. The molecule has 0 unspecified atom stereocenters. The van der Waals surface area contributed by atoms with Gasteiger partial charge in [-0.3, -0.25) is 9.59 Å². The van der Waals surface area contributed by atoms with Crippen LogP contribution in [-0.4, -0.2) is 42.4 Å². The quantitative estimate of drug-likeness (QED) is 0.676. The Morgan fingerprint density at radius 3 is 2.35 bits per heavy atom. The fourth-order valence-corrected chi connectivity index (χ4v) is 1.64. The molecule has 114 valence electrons. The van der Waals surface area contributed by atoms with Gasteiger partial charge in [0.15, 0.2) is 0 Å². The number of hydrogen-bond donors (Lipinski definition) is 2. The van der Waals surface area contributed by atoms with Crippen LogP contribution < -0.4 is 11.1 Å². The van der Waals surface area contributed by atoms with Gasteiger partial charge in [0.2, 0.25) is 11.8 Å². The normalized spacial score (nSPS) is 12.1. The number of nitriles is 1. The molecule has 0 fully saturated rings. The number of rotatable bonds is 8. The minimum absolute atomic E-state index is 0.0236. The van der Waals surface area contributed by atoms with E-state index in [2.05, 4.69) is 5.32 Å². The Hall–Kier alpha value is -1.61. The van der Waals surface area contributed by atoms with E-state index in [0.29, 0.717) is 19.0 Å². The fourth-order valence-electron chi connectivity index (χ4n) is 1.64. The molecule has 6 heteroatoms. The van der Waals surface area contributed by atoms with Crippen LogP contribution in [0.1, 0.15) is 34.1 Å². The van der Waals surface area contributed by atoms with E-state index in [1.165, 1.54) is 0 Å². The molecule has 0 spiro atoms. The van der Waals surface area contributed by atoms with Crippen LogP contribution in [0.3, 0.4) is 0 Å².